The summed E-state index contributed by atoms with van der Waals surface area (Å²) >= 11 is 5.88. The number of hydrogen-bond acceptors (Lipinski definition) is 4. The Bertz CT molecular complexity index is 849. The van der Waals surface area contributed by atoms with E-state index in [1.807, 2.05) is 0 Å². The Balaban J connectivity index is 1.91. The fraction of sp³-hybridized carbons (Fsp3) is 0.400. The first-order valence-corrected chi connectivity index (χ1v) is 9.26. The topological polar surface area (TPSA) is 84.2 Å². The van der Waals surface area contributed by atoms with Crippen LogP contribution in [0.2, 0.25) is 5.02 Å². The Morgan fingerprint density at radius 3 is 2.71 bits per heavy atom. The minimum Gasteiger partial charge on any atom is -0.393 e. The Morgan fingerprint density at radius 1 is 1.46 bits per heavy atom. The number of nitrogens with one attached hydrogen (secondary N) is 1. The SMILES string of the molecule is Cn1cc([C@H](NS(=O)(=O)c2ccc(F)cc2Cl)C2CC(O)C2)cn1. The molecule has 1 aliphatic rings. The van der Waals surface area contributed by atoms with Crippen LogP contribution in [0.15, 0.2) is 35.5 Å². The zero-order valence-corrected chi connectivity index (χ0v) is 14.4. The predicted octanol–water partition coefficient (Wildman–Crippen LogP) is 2.00. The molecular weight excluding hydrogens is 357 g/mol. The molecule has 6 nitrogen and oxygen atoms in total. The molecule has 1 fully saturated rings. The van der Waals surface area contributed by atoms with E-state index in [4.69, 9.17) is 11.6 Å². The van der Waals surface area contributed by atoms with Crippen LogP contribution in [-0.4, -0.2) is 29.4 Å². The van der Waals surface area contributed by atoms with Crippen molar-refractivity contribution in [1.29, 1.82) is 0 Å². The van der Waals surface area contributed by atoms with Crippen LogP contribution < -0.4 is 4.72 Å². The van der Waals surface area contributed by atoms with Gasteiger partial charge >= 0.3 is 0 Å². The molecule has 0 spiro atoms. The number of halogens is 2. The summed E-state index contributed by atoms with van der Waals surface area (Å²) in [5, 5.41) is 13.4. The van der Waals surface area contributed by atoms with Gasteiger partial charge in [-0.2, -0.15) is 5.10 Å². The third-order valence-corrected chi connectivity index (χ3v) is 6.09. The summed E-state index contributed by atoms with van der Waals surface area (Å²) in [5.41, 5.74) is 0.705. The molecule has 0 amide bonds. The van der Waals surface area contributed by atoms with Gasteiger partial charge in [0.2, 0.25) is 10.0 Å². The molecule has 2 N–H and O–H groups in total. The molecule has 1 heterocycles. The van der Waals surface area contributed by atoms with Crippen molar-refractivity contribution in [3.05, 3.63) is 47.0 Å². The van der Waals surface area contributed by atoms with Gasteiger partial charge in [-0.25, -0.2) is 17.5 Å². The van der Waals surface area contributed by atoms with Gasteiger partial charge < -0.3 is 5.11 Å². The van der Waals surface area contributed by atoms with Gasteiger partial charge in [-0.1, -0.05) is 11.6 Å². The maximum absolute atomic E-state index is 13.2. The molecule has 9 heteroatoms. The molecule has 0 radical (unpaired) electrons. The molecule has 3 rings (SSSR count). The normalized spacial score (nSPS) is 22.2. The zero-order chi connectivity index (χ0) is 17.5. The zero-order valence-electron chi connectivity index (χ0n) is 12.9. The number of benzene rings is 1. The van der Waals surface area contributed by atoms with Crippen molar-refractivity contribution in [3.63, 3.8) is 0 Å². The van der Waals surface area contributed by atoms with E-state index in [9.17, 15) is 17.9 Å². The molecular formula is C15H17ClFN3O3S. The van der Waals surface area contributed by atoms with Crippen molar-refractivity contribution in [2.75, 3.05) is 0 Å². The highest BCUT2D eigenvalue weighted by Crippen LogP contribution is 2.39. The first-order valence-electron chi connectivity index (χ1n) is 7.40. The molecule has 2 aromatic rings. The molecule has 24 heavy (non-hydrogen) atoms. The minimum absolute atomic E-state index is 0.0433. The second kappa shape index (κ2) is 6.44. The number of sulfonamides is 1. The van der Waals surface area contributed by atoms with Crippen LogP contribution in [0.25, 0.3) is 0 Å². The van der Waals surface area contributed by atoms with Crippen molar-refractivity contribution in [2.24, 2.45) is 13.0 Å². The van der Waals surface area contributed by atoms with Crippen molar-refractivity contribution >= 4 is 21.6 Å². The van der Waals surface area contributed by atoms with Crippen molar-refractivity contribution in [1.82, 2.24) is 14.5 Å². The third kappa shape index (κ3) is 3.46. The second-order valence-electron chi connectivity index (χ2n) is 6.01. The van der Waals surface area contributed by atoms with Gasteiger partial charge in [0.1, 0.15) is 10.7 Å². The Kier molecular flexibility index (Phi) is 4.65. The van der Waals surface area contributed by atoms with Crippen LogP contribution in [0.4, 0.5) is 4.39 Å². The fourth-order valence-electron chi connectivity index (χ4n) is 2.86. The van der Waals surface area contributed by atoms with Crippen LogP contribution in [0, 0.1) is 11.7 Å². The van der Waals surface area contributed by atoms with Crippen LogP contribution >= 0.6 is 11.6 Å². The predicted molar refractivity (Wildman–Crippen MR) is 86.4 cm³/mol. The van der Waals surface area contributed by atoms with Gasteiger partial charge in [0.15, 0.2) is 0 Å². The van der Waals surface area contributed by atoms with E-state index in [-0.39, 0.29) is 15.8 Å². The van der Waals surface area contributed by atoms with Crippen LogP contribution in [0.3, 0.4) is 0 Å². The summed E-state index contributed by atoms with van der Waals surface area (Å²) in [6.07, 6.45) is 3.89. The summed E-state index contributed by atoms with van der Waals surface area (Å²) in [6, 6.07) is 2.61. The van der Waals surface area contributed by atoms with Crippen molar-refractivity contribution in [2.45, 2.75) is 29.9 Å². The first kappa shape index (κ1) is 17.3. The highest BCUT2D eigenvalue weighted by molar-refractivity contribution is 7.89. The number of aryl methyl sites for hydroxylation is 1. The summed E-state index contributed by atoms with van der Waals surface area (Å²) in [4.78, 5) is -0.181. The maximum Gasteiger partial charge on any atom is 0.242 e. The van der Waals surface area contributed by atoms with Gasteiger partial charge in [0.05, 0.1) is 23.4 Å². The number of aliphatic hydroxyl groups is 1. The van der Waals surface area contributed by atoms with Crippen LogP contribution in [0.5, 0.6) is 0 Å². The fourth-order valence-corrected chi connectivity index (χ4v) is 4.69. The molecule has 0 unspecified atom stereocenters. The maximum atomic E-state index is 13.2. The molecule has 1 aromatic heterocycles. The van der Waals surface area contributed by atoms with E-state index < -0.39 is 28.0 Å². The lowest BCUT2D eigenvalue weighted by Gasteiger charge is -2.37. The molecule has 0 aliphatic heterocycles. The lowest BCUT2D eigenvalue weighted by Crippen LogP contribution is -2.41. The lowest BCUT2D eigenvalue weighted by molar-refractivity contribution is 0.0280. The molecule has 0 bridgehead atoms. The van der Waals surface area contributed by atoms with Gasteiger partial charge in [-0.3, -0.25) is 4.68 Å². The number of rotatable bonds is 5. The van der Waals surface area contributed by atoms with E-state index in [0.29, 0.717) is 18.4 Å². The van der Waals surface area contributed by atoms with Gasteiger partial charge in [0.25, 0.3) is 0 Å². The molecule has 130 valence electrons. The number of hydrogen-bond donors (Lipinski definition) is 2. The average molecular weight is 374 g/mol. The summed E-state index contributed by atoms with van der Waals surface area (Å²) in [7, 11) is -2.21. The van der Waals surface area contributed by atoms with E-state index in [2.05, 4.69) is 9.82 Å². The smallest absolute Gasteiger partial charge is 0.242 e. The standard InChI is InChI=1S/C15H17ClFN3O3S/c1-20-8-10(7-18-20)15(9-4-12(21)5-9)19-24(22,23)14-3-2-11(17)6-13(14)16/h2-3,6-9,12,15,19,21H,4-5H2,1H3/t9?,12?,15-/m1/s1. The van der Waals surface area contributed by atoms with Crippen molar-refractivity contribution < 1.29 is 17.9 Å². The van der Waals surface area contributed by atoms with E-state index in [0.717, 1.165) is 18.2 Å². The molecule has 1 atom stereocenters. The largest absolute Gasteiger partial charge is 0.393 e. The third-order valence-electron chi connectivity index (χ3n) is 4.17. The van der Waals surface area contributed by atoms with Gasteiger partial charge in [0, 0.05) is 18.8 Å². The highest BCUT2D eigenvalue weighted by Gasteiger charge is 2.38. The Morgan fingerprint density at radius 2 is 2.17 bits per heavy atom. The Hall–Kier alpha value is -1.48. The van der Waals surface area contributed by atoms with Crippen LogP contribution in [0.1, 0.15) is 24.4 Å². The number of aromatic nitrogens is 2. The molecule has 1 aliphatic carbocycles. The van der Waals surface area contributed by atoms with E-state index in [1.165, 1.54) is 0 Å². The second-order valence-corrected chi connectivity index (χ2v) is 8.10. The van der Waals surface area contributed by atoms with Gasteiger partial charge in [-0.15, -0.1) is 0 Å². The number of aliphatic hydroxyl groups excluding tert-OH is 1. The lowest BCUT2D eigenvalue weighted by atomic mass is 9.76. The molecule has 1 aromatic carbocycles. The van der Waals surface area contributed by atoms with Crippen LogP contribution in [-0.2, 0) is 17.1 Å². The molecule has 1 saturated carbocycles. The first-order chi connectivity index (χ1) is 11.3. The highest BCUT2D eigenvalue weighted by atomic mass is 35.5. The monoisotopic (exact) mass is 373 g/mol. The Labute approximate surface area is 144 Å². The van der Waals surface area contributed by atoms with Crippen molar-refractivity contribution in [3.8, 4) is 0 Å². The summed E-state index contributed by atoms with van der Waals surface area (Å²) < 4.78 is 42.7. The number of nitrogens with zero attached hydrogens (tertiary/aromatic N) is 2. The van der Waals surface area contributed by atoms with Gasteiger partial charge in [-0.05, 0) is 37.0 Å². The molecule has 0 saturated heterocycles. The summed E-state index contributed by atoms with van der Waals surface area (Å²) in [6.45, 7) is 0. The quantitative estimate of drug-likeness (QED) is 0.839. The minimum atomic E-state index is -3.95. The average Bonchev–Trinajstić information content (AvgIpc) is 2.88. The van der Waals surface area contributed by atoms with E-state index >= 15 is 0 Å². The van der Waals surface area contributed by atoms with E-state index in [1.54, 1.807) is 24.1 Å². The summed E-state index contributed by atoms with van der Waals surface area (Å²) in [5.74, 6) is -0.650.